The summed E-state index contributed by atoms with van der Waals surface area (Å²) in [4.78, 5) is 16.7. The second kappa shape index (κ2) is 8.08. The van der Waals surface area contributed by atoms with Crippen molar-refractivity contribution in [3.05, 3.63) is 53.3 Å². The molecule has 1 aromatic carbocycles. The number of aromatic amines is 1. The Balaban J connectivity index is 1.37. The van der Waals surface area contributed by atoms with Crippen LogP contribution in [0.25, 0.3) is 0 Å². The van der Waals surface area contributed by atoms with Crippen LogP contribution in [0.5, 0.6) is 0 Å². The van der Waals surface area contributed by atoms with E-state index >= 15 is 0 Å². The molecule has 1 amide bonds. The predicted octanol–water partition coefficient (Wildman–Crippen LogP) is 1.15. The lowest BCUT2D eigenvalue weighted by Gasteiger charge is -2.34. The molecule has 0 saturated carbocycles. The number of rotatable bonds is 6. The molecule has 2 heterocycles. The van der Waals surface area contributed by atoms with E-state index in [9.17, 15) is 4.79 Å². The number of aryl methyl sites for hydroxylation is 1. The largest absolute Gasteiger partial charge is 0.351 e. The Morgan fingerprint density at radius 3 is 2.71 bits per heavy atom. The summed E-state index contributed by atoms with van der Waals surface area (Å²) in [5.41, 5.74) is 3.57. The molecule has 0 aliphatic carbocycles. The maximum absolute atomic E-state index is 12.1. The first-order valence-corrected chi connectivity index (χ1v) is 8.43. The van der Waals surface area contributed by atoms with Gasteiger partial charge in [0.15, 0.2) is 0 Å². The minimum atomic E-state index is 0.0970. The van der Waals surface area contributed by atoms with E-state index in [2.05, 4.69) is 44.4 Å². The van der Waals surface area contributed by atoms with Gasteiger partial charge >= 0.3 is 0 Å². The Morgan fingerprint density at radius 2 is 2.00 bits per heavy atom. The van der Waals surface area contributed by atoms with Crippen molar-refractivity contribution in [1.82, 2.24) is 25.3 Å². The summed E-state index contributed by atoms with van der Waals surface area (Å²) in [6.45, 7) is 7.88. The molecule has 0 bridgehead atoms. The highest BCUT2D eigenvalue weighted by Gasteiger charge is 2.19. The number of carbonyl (C=O) groups is 1. The van der Waals surface area contributed by atoms with Gasteiger partial charge in [0.25, 0.3) is 0 Å². The molecule has 128 valence electrons. The van der Waals surface area contributed by atoms with Crippen molar-refractivity contribution in [3.8, 4) is 0 Å². The Hall–Kier alpha value is -2.18. The van der Waals surface area contributed by atoms with Crippen LogP contribution in [-0.4, -0.2) is 58.6 Å². The molecular weight excluding hydrogens is 302 g/mol. The first kappa shape index (κ1) is 16.7. The van der Waals surface area contributed by atoms with Crippen molar-refractivity contribution in [3.63, 3.8) is 0 Å². The summed E-state index contributed by atoms with van der Waals surface area (Å²) in [5.74, 6) is 0.0970. The molecule has 2 N–H and O–H groups in total. The molecule has 1 saturated heterocycles. The van der Waals surface area contributed by atoms with Gasteiger partial charge in [-0.3, -0.25) is 19.7 Å². The average Bonchev–Trinajstić information content (AvgIpc) is 3.08. The normalized spacial score (nSPS) is 16.2. The van der Waals surface area contributed by atoms with Gasteiger partial charge in [-0.1, -0.05) is 29.8 Å². The molecule has 1 aliphatic rings. The molecule has 1 aliphatic heterocycles. The first-order valence-electron chi connectivity index (χ1n) is 8.43. The lowest BCUT2D eigenvalue weighted by atomic mass is 10.1. The lowest BCUT2D eigenvalue weighted by Crippen LogP contribution is -2.49. The fourth-order valence-corrected chi connectivity index (χ4v) is 3.01. The van der Waals surface area contributed by atoms with Crippen molar-refractivity contribution in [2.24, 2.45) is 0 Å². The quantitative estimate of drug-likeness (QED) is 0.835. The van der Waals surface area contributed by atoms with Gasteiger partial charge in [0, 0.05) is 51.0 Å². The second-order valence-corrected chi connectivity index (χ2v) is 6.42. The molecular formula is C18H25N5O. The Morgan fingerprint density at radius 1 is 1.21 bits per heavy atom. The maximum atomic E-state index is 12.1. The fourth-order valence-electron chi connectivity index (χ4n) is 3.01. The Bertz CT molecular complexity index is 647. The highest BCUT2D eigenvalue weighted by atomic mass is 16.2. The van der Waals surface area contributed by atoms with Crippen molar-refractivity contribution < 1.29 is 4.79 Å². The topological polar surface area (TPSA) is 64.3 Å². The number of nitrogens with zero attached hydrogens (tertiary/aromatic N) is 3. The van der Waals surface area contributed by atoms with Crippen LogP contribution in [0.15, 0.2) is 36.7 Å². The van der Waals surface area contributed by atoms with E-state index in [-0.39, 0.29) is 5.91 Å². The highest BCUT2D eigenvalue weighted by molar-refractivity contribution is 5.78. The summed E-state index contributed by atoms with van der Waals surface area (Å²) in [6, 6.07) is 8.24. The fraction of sp³-hybridized carbons (Fsp3) is 0.444. The molecule has 2 aromatic rings. The number of aromatic nitrogens is 2. The number of nitrogens with one attached hydrogen (secondary N) is 2. The lowest BCUT2D eigenvalue weighted by molar-refractivity contribution is -0.122. The minimum Gasteiger partial charge on any atom is -0.351 e. The molecule has 0 spiro atoms. The predicted molar refractivity (Wildman–Crippen MR) is 93.3 cm³/mol. The molecule has 3 rings (SSSR count). The summed E-state index contributed by atoms with van der Waals surface area (Å²) in [7, 11) is 0. The number of piperazine rings is 1. The van der Waals surface area contributed by atoms with Crippen LogP contribution in [0.4, 0.5) is 0 Å². The summed E-state index contributed by atoms with van der Waals surface area (Å²) in [5, 5.41) is 9.84. The molecule has 1 aromatic heterocycles. The van der Waals surface area contributed by atoms with Gasteiger partial charge in [-0.05, 0) is 12.5 Å². The molecule has 0 atom stereocenters. The van der Waals surface area contributed by atoms with Crippen molar-refractivity contribution in [2.75, 3.05) is 32.7 Å². The molecule has 0 unspecified atom stereocenters. The summed E-state index contributed by atoms with van der Waals surface area (Å²) < 4.78 is 0. The number of carbonyl (C=O) groups excluding carboxylic acids is 1. The van der Waals surface area contributed by atoms with Gasteiger partial charge in [0.1, 0.15) is 0 Å². The standard InChI is InChI=1S/C18H25N5O/c1-15-3-2-4-16(9-15)10-19-18(24)14-23-7-5-22(6-8-23)13-17-11-20-21-12-17/h2-4,9,11-12H,5-8,10,13-14H2,1H3,(H,19,24)(H,20,21). The molecule has 24 heavy (non-hydrogen) atoms. The average molecular weight is 327 g/mol. The van der Waals surface area contributed by atoms with Gasteiger partial charge < -0.3 is 5.32 Å². The number of H-pyrrole nitrogens is 1. The Labute approximate surface area is 142 Å². The number of amides is 1. The van der Waals surface area contributed by atoms with Gasteiger partial charge in [-0.2, -0.15) is 5.10 Å². The number of hydrogen-bond donors (Lipinski definition) is 2. The van der Waals surface area contributed by atoms with E-state index in [4.69, 9.17) is 0 Å². The monoisotopic (exact) mass is 327 g/mol. The third kappa shape index (κ3) is 4.91. The van der Waals surface area contributed by atoms with Crippen LogP contribution in [0, 0.1) is 6.92 Å². The second-order valence-electron chi connectivity index (χ2n) is 6.42. The van der Waals surface area contributed by atoms with Gasteiger partial charge in [-0.15, -0.1) is 0 Å². The van der Waals surface area contributed by atoms with Gasteiger partial charge in [-0.25, -0.2) is 0 Å². The summed E-state index contributed by atoms with van der Waals surface area (Å²) in [6.07, 6.45) is 3.80. The van der Waals surface area contributed by atoms with Crippen LogP contribution in [-0.2, 0) is 17.9 Å². The van der Waals surface area contributed by atoms with E-state index in [1.54, 1.807) is 0 Å². The minimum absolute atomic E-state index is 0.0970. The van der Waals surface area contributed by atoms with Crippen LogP contribution in [0.2, 0.25) is 0 Å². The van der Waals surface area contributed by atoms with Crippen molar-refractivity contribution in [2.45, 2.75) is 20.0 Å². The van der Waals surface area contributed by atoms with Gasteiger partial charge in [0.05, 0.1) is 12.7 Å². The zero-order valence-corrected chi connectivity index (χ0v) is 14.2. The van der Waals surface area contributed by atoms with E-state index in [0.29, 0.717) is 13.1 Å². The van der Waals surface area contributed by atoms with E-state index in [1.807, 2.05) is 24.5 Å². The third-order valence-corrected chi connectivity index (χ3v) is 4.37. The van der Waals surface area contributed by atoms with Crippen molar-refractivity contribution in [1.29, 1.82) is 0 Å². The zero-order valence-electron chi connectivity index (χ0n) is 14.2. The van der Waals surface area contributed by atoms with E-state index in [0.717, 1.165) is 38.3 Å². The zero-order chi connectivity index (χ0) is 16.8. The number of hydrogen-bond acceptors (Lipinski definition) is 4. The van der Waals surface area contributed by atoms with E-state index in [1.165, 1.54) is 11.1 Å². The molecule has 6 heteroatoms. The highest BCUT2D eigenvalue weighted by Crippen LogP contribution is 2.07. The van der Waals surface area contributed by atoms with Crippen LogP contribution < -0.4 is 5.32 Å². The molecule has 1 fully saturated rings. The van der Waals surface area contributed by atoms with Crippen molar-refractivity contribution >= 4 is 5.91 Å². The van der Waals surface area contributed by atoms with Crippen LogP contribution >= 0.6 is 0 Å². The van der Waals surface area contributed by atoms with Crippen LogP contribution in [0.3, 0.4) is 0 Å². The number of benzene rings is 1. The summed E-state index contributed by atoms with van der Waals surface area (Å²) >= 11 is 0. The van der Waals surface area contributed by atoms with Crippen LogP contribution in [0.1, 0.15) is 16.7 Å². The van der Waals surface area contributed by atoms with Gasteiger partial charge in [0.2, 0.25) is 5.91 Å². The maximum Gasteiger partial charge on any atom is 0.234 e. The SMILES string of the molecule is Cc1cccc(CNC(=O)CN2CCN(Cc3cn[nH]c3)CC2)c1. The smallest absolute Gasteiger partial charge is 0.234 e. The van der Waals surface area contributed by atoms with E-state index < -0.39 is 0 Å². The molecule has 0 radical (unpaired) electrons. The molecule has 6 nitrogen and oxygen atoms in total. The first-order chi connectivity index (χ1) is 11.7. The third-order valence-electron chi connectivity index (χ3n) is 4.37. The Kier molecular flexibility index (Phi) is 5.61.